The van der Waals surface area contributed by atoms with Crippen molar-refractivity contribution >= 4 is 0 Å². The number of alkyl halides is 3. The van der Waals surface area contributed by atoms with Crippen molar-refractivity contribution in [1.82, 2.24) is 4.90 Å². The van der Waals surface area contributed by atoms with Gasteiger partial charge in [-0.2, -0.15) is 13.2 Å². The van der Waals surface area contributed by atoms with Crippen LogP contribution in [0.5, 0.6) is 0 Å². The second-order valence-electron chi connectivity index (χ2n) is 6.47. The summed E-state index contributed by atoms with van der Waals surface area (Å²) in [7, 11) is 0. The van der Waals surface area contributed by atoms with Gasteiger partial charge in [-0.05, 0) is 11.1 Å². The van der Waals surface area contributed by atoms with Gasteiger partial charge in [0, 0.05) is 19.6 Å². The van der Waals surface area contributed by atoms with Gasteiger partial charge in [0.25, 0.3) is 0 Å². The van der Waals surface area contributed by atoms with Crippen molar-refractivity contribution in [3.8, 4) is 0 Å². The van der Waals surface area contributed by atoms with E-state index in [1.54, 1.807) is 4.90 Å². The molecule has 0 aromatic heterocycles. The molecule has 0 radical (unpaired) electrons. The van der Waals surface area contributed by atoms with Crippen molar-refractivity contribution in [2.24, 2.45) is 0 Å². The van der Waals surface area contributed by atoms with E-state index < -0.39 is 18.4 Å². The minimum Gasteiger partial charge on any atom is -0.374 e. The van der Waals surface area contributed by atoms with Crippen LogP contribution in [0.3, 0.4) is 0 Å². The van der Waals surface area contributed by atoms with Crippen LogP contribution in [0.2, 0.25) is 0 Å². The van der Waals surface area contributed by atoms with Gasteiger partial charge in [-0.25, -0.2) is 0 Å². The van der Waals surface area contributed by atoms with Gasteiger partial charge in [-0.15, -0.1) is 0 Å². The summed E-state index contributed by atoms with van der Waals surface area (Å²) in [5.41, 5.74) is 1.97. The predicted molar refractivity (Wildman–Crippen MR) is 92.5 cm³/mol. The maximum atomic E-state index is 13.2. The maximum Gasteiger partial charge on any atom is 0.415 e. The first-order chi connectivity index (χ1) is 12.5. The number of halogens is 3. The number of morpholine rings is 1. The highest BCUT2D eigenvalue weighted by molar-refractivity contribution is 5.15. The van der Waals surface area contributed by atoms with Crippen LogP contribution in [0.15, 0.2) is 60.7 Å². The average Bonchev–Trinajstić information content (AvgIpc) is 2.63. The van der Waals surface area contributed by atoms with E-state index >= 15 is 0 Å². The van der Waals surface area contributed by atoms with E-state index in [4.69, 9.17) is 9.47 Å². The zero-order chi connectivity index (χ0) is 18.4. The number of benzene rings is 2. The standard InChI is InChI=1S/C20H22F3NO2/c21-20(22,23)19-13-24(11-16-7-3-1-4-8-16)12-18(26-19)15-25-14-17-9-5-2-6-10-17/h1-10,18-19H,11-15H2. The van der Waals surface area contributed by atoms with Crippen molar-refractivity contribution in [2.45, 2.75) is 31.5 Å². The molecule has 1 heterocycles. The number of hydrogen-bond acceptors (Lipinski definition) is 3. The van der Waals surface area contributed by atoms with Gasteiger partial charge in [0.15, 0.2) is 6.10 Å². The lowest BCUT2D eigenvalue weighted by Crippen LogP contribution is -2.53. The first-order valence-corrected chi connectivity index (χ1v) is 8.61. The van der Waals surface area contributed by atoms with Crippen LogP contribution in [0.1, 0.15) is 11.1 Å². The third-order valence-electron chi connectivity index (χ3n) is 4.27. The number of rotatable bonds is 6. The molecule has 1 saturated heterocycles. The Kier molecular flexibility index (Phi) is 6.29. The van der Waals surface area contributed by atoms with Crippen LogP contribution in [-0.2, 0) is 22.6 Å². The molecule has 0 spiro atoms. The van der Waals surface area contributed by atoms with E-state index in [0.717, 1.165) is 11.1 Å². The zero-order valence-corrected chi connectivity index (χ0v) is 14.4. The predicted octanol–water partition coefficient (Wildman–Crippen LogP) is 4.04. The maximum absolute atomic E-state index is 13.2. The average molecular weight is 365 g/mol. The normalized spacial score (nSPS) is 21.7. The summed E-state index contributed by atoms with van der Waals surface area (Å²) in [5, 5.41) is 0. The molecule has 1 fully saturated rings. The Hall–Kier alpha value is -1.89. The number of hydrogen-bond donors (Lipinski definition) is 0. The quantitative estimate of drug-likeness (QED) is 0.771. The molecule has 0 saturated carbocycles. The second kappa shape index (κ2) is 8.66. The van der Waals surface area contributed by atoms with Crippen LogP contribution in [0.4, 0.5) is 13.2 Å². The Morgan fingerprint density at radius 1 is 0.923 bits per heavy atom. The molecule has 26 heavy (non-hydrogen) atoms. The molecule has 2 atom stereocenters. The van der Waals surface area contributed by atoms with Crippen LogP contribution < -0.4 is 0 Å². The molecule has 3 rings (SSSR count). The minimum atomic E-state index is -4.38. The first kappa shape index (κ1) is 18.9. The molecule has 0 bridgehead atoms. The monoisotopic (exact) mass is 365 g/mol. The van der Waals surface area contributed by atoms with E-state index in [9.17, 15) is 13.2 Å². The number of nitrogens with zero attached hydrogens (tertiary/aromatic N) is 1. The summed E-state index contributed by atoms with van der Waals surface area (Å²) >= 11 is 0. The van der Waals surface area contributed by atoms with Crippen molar-refractivity contribution in [2.75, 3.05) is 19.7 Å². The van der Waals surface area contributed by atoms with Crippen LogP contribution in [0, 0.1) is 0 Å². The van der Waals surface area contributed by atoms with E-state index in [2.05, 4.69) is 0 Å². The Bertz CT molecular complexity index is 664. The molecule has 140 valence electrons. The fourth-order valence-corrected chi connectivity index (χ4v) is 3.04. The molecule has 2 aromatic rings. The van der Waals surface area contributed by atoms with Gasteiger partial charge in [0.1, 0.15) is 0 Å². The zero-order valence-electron chi connectivity index (χ0n) is 14.4. The van der Waals surface area contributed by atoms with E-state index in [1.165, 1.54) is 0 Å². The van der Waals surface area contributed by atoms with Gasteiger partial charge < -0.3 is 9.47 Å². The Morgan fingerprint density at radius 3 is 2.15 bits per heavy atom. The molecule has 1 aliphatic heterocycles. The summed E-state index contributed by atoms with van der Waals surface area (Å²) in [6.45, 7) is 1.21. The van der Waals surface area contributed by atoms with Crippen LogP contribution >= 0.6 is 0 Å². The molecule has 0 amide bonds. The molecule has 3 nitrogen and oxygen atoms in total. The summed E-state index contributed by atoms with van der Waals surface area (Å²) in [6, 6.07) is 19.0. The number of ether oxygens (including phenoxy) is 2. The molecule has 6 heteroatoms. The fourth-order valence-electron chi connectivity index (χ4n) is 3.04. The van der Waals surface area contributed by atoms with E-state index in [-0.39, 0.29) is 13.2 Å². The Morgan fingerprint density at radius 2 is 1.54 bits per heavy atom. The Labute approximate surface area is 151 Å². The van der Waals surface area contributed by atoms with Gasteiger partial charge >= 0.3 is 6.18 Å². The summed E-state index contributed by atoms with van der Waals surface area (Å²) in [4.78, 5) is 1.79. The smallest absolute Gasteiger partial charge is 0.374 e. The highest BCUT2D eigenvalue weighted by atomic mass is 19.4. The second-order valence-corrected chi connectivity index (χ2v) is 6.47. The molecule has 0 N–H and O–H groups in total. The molecule has 1 aliphatic rings. The summed E-state index contributed by atoms with van der Waals surface area (Å²) in [5.74, 6) is 0. The van der Waals surface area contributed by atoms with Crippen LogP contribution in [-0.4, -0.2) is 43.0 Å². The Balaban J connectivity index is 1.58. The summed E-state index contributed by atoms with van der Waals surface area (Å²) in [6.07, 6.45) is -6.78. The lowest BCUT2D eigenvalue weighted by molar-refractivity contribution is -0.259. The molecule has 2 unspecified atom stereocenters. The minimum absolute atomic E-state index is 0.132. The molecule has 0 aliphatic carbocycles. The van der Waals surface area contributed by atoms with Crippen molar-refractivity contribution < 1.29 is 22.6 Å². The molecule has 2 aromatic carbocycles. The topological polar surface area (TPSA) is 21.7 Å². The lowest BCUT2D eigenvalue weighted by atomic mass is 10.1. The molecular weight excluding hydrogens is 343 g/mol. The van der Waals surface area contributed by atoms with Crippen molar-refractivity contribution in [3.63, 3.8) is 0 Å². The van der Waals surface area contributed by atoms with Crippen molar-refractivity contribution in [3.05, 3.63) is 71.8 Å². The molecular formula is C20H22F3NO2. The van der Waals surface area contributed by atoms with Gasteiger partial charge in [0.2, 0.25) is 0 Å². The van der Waals surface area contributed by atoms with Crippen molar-refractivity contribution in [1.29, 1.82) is 0 Å². The van der Waals surface area contributed by atoms with Gasteiger partial charge in [-0.1, -0.05) is 60.7 Å². The van der Waals surface area contributed by atoms with E-state index in [0.29, 0.717) is 19.7 Å². The SMILES string of the molecule is FC(F)(F)C1CN(Cc2ccccc2)CC(COCc2ccccc2)O1. The third-order valence-corrected chi connectivity index (χ3v) is 4.27. The highest BCUT2D eigenvalue weighted by Crippen LogP contribution is 2.28. The fraction of sp³-hybridized carbons (Fsp3) is 0.400. The van der Waals surface area contributed by atoms with Gasteiger partial charge in [-0.3, -0.25) is 4.90 Å². The third kappa shape index (κ3) is 5.56. The summed E-state index contributed by atoms with van der Waals surface area (Å²) < 4.78 is 50.5. The first-order valence-electron chi connectivity index (χ1n) is 8.61. The lowest BCUT2D eigenvalue weighted by Gasteiger charge is -2.38. The van der Waals surface area contributed by atoms with E-state index in [1.807, 2.05) is 60.7 Å². The van der Waals surface area contributed by atoms with Gasteiger partial charge in [0.05, 0.1) is 19.3 Å². The largest absolute Gasteiger partial charge is 0.415 e. The highest BCUT2D eigenvalue weighted by Gasteiger charge is 2.45. The van der Waals surface area contributed by atoms with Crippen LogP contribution in [0.25, 0.3) is 0 Å².